The quantitative estimate of drug-likeness (QED) is 0.582. The van der Waals surface area contributed by atoms with Crippen LogP contribution in [-0.4, -0.2) is 24.1 Å². The topological polar surface area (TPSA) is 28.2 Å². The highest BCUT2D eigenvalue weighted by Gasteiger charge is 2.14. The van der Waals surface area contributed by atoms with E-state index < -0.39 is 0 Å². The maximum atomic E-state index is 6.35. The number of pyridine rings is 1. The molecule has 0 aliphatic rings. The fourth-order valence-electron chi connectivity index (χ4n) is 1.87. The molecular formula is C15H24ClN3. The number of halogens is 1. The molecule has 4 heteroatoms. The average Bonchev–Trinajstić information content (AvgIpc) is 2.37. The Balaban J connectivity index is 2.82. The third kappa shape index (κ3) is 4.84. The van der Waals surface area contributed by atoms with Gasteiger partial charge in [0, 0.05) is 25.3 Å². The Labute approximate surface area is 121 Å². The molecule has 1 heterocycles. The SMILES string of the molecule is C=CCN(c1ncc(CNCCC)cc1Cl)C(C)C. The van der Waals surface area contributed by atoms with Gasteiger partial charge < -0.3 is 10.2 Å². The summed E-state index contributed by atoms with van der Waals surface area (Å²) in [5.74, 6) is 0.829. The molecule has 0 radical (unpaired) electrons. The number of nitrogens with zero attached hydrogens (tertiary/aromatic N) is 2. The maximum Gasteiger partial charge on any atom is 0.147 e. The summed E-state index contributed by atoms with van der Waals surface area (Å²) in [5, 5.41) is 4.05. The van der Waals surface area contributed by atoms with Crippen LogP contribution >= 0.6 is 11.6 Å². The minimum atomic E-state index is 0.340. The minimum Gasteiger partial charge on any atom is -0.349 e. The molecule has 0 amide bonds. The molecule has 0 bridgehead atoms. The van der Waals surface area contributed by atoms with Gasteiger partial charge in [0.1, 0.15) is 5.82 Å². The first kappa shape index (κ1) is 16.0. The number of hydrogen-bond acceptors (Lipinski definition) is 3. The maximum absolute atomic E-state index is 6.35. The van der Waals surface area contributed by atoms with Crippen molar-refractivity contribution in [2.24, 2.45) is 0 Å². The third-order valence-electron chi connectivity index (χ3n) is 2.86. The van der Waals surface area contributed by atoms with Crippen LogP contribution < -0.4 is 10.2 Å². The summed E-state index contributed by atoms with van der Waals surface area (Å²) in [6.07, 6.45) is 4.89. The average molecular weight is 282 g/mol. The molecular weight excluding hydrogens is 258 g/mol. The molecule has 3 nitrogen and oxygen atoms in total. The molecule has 1 rings (SSSR count). The molecule has 0 spiro atoms. The van der Waals surface area contributed by atoms with Crippen molar-refractivity contribution in [3.05, 3.63) is 35.5 Å². The molecule has 0 saturated carbocycles. The standard InChI is InChI=1S/C15H24ClN3/c1-5-7-17-10-13-9-14(16)15(18-11-13)19(8-6-2)12(3)4/h6,9,11-12,17H,2,5,7-8,10H2,1,3-4H3. The lowest BCUT2D eigenvalue weighted by Crippen LogP contribution is -2.31. The van der Waals surface area contributed by atoms with E-state index in [1.54, 1.807) is 0 Å². The molecule has 0 aromatic carbocycles. The number of rotatable bonds is 8. The van der Waals surface area contributed by atoms with Crippen LogP contribution in [-0.2, 0) is 6.54 Å². The van der Waals surface area contributed by atoms with Gasteiger partial charge in [-0.3, -0.25) is 0 Å². The summed E-state index contributed by atoms with van der Waals surface area (Å²) in [6.45, 7) is 12.7. The molecule has 0 fully saturated rings. The largest absolute Gasteiger partial charge is 0.349 e. The number of anilines is 1. The van der Waals surface area contributed by atoms with Crippen LogP contribution in [0.1, 0.15) is 32.8 Å². The van der Waals surface area contributed by atoms with Gasteiger partial charge in [0.15, 0.2) is 0 Å². The Bertz CT molecular complexity index is 404. The fourth-order valence-corrected chi connectivity index (χ4v) is 2.17. The van der Waals surface area contributed by atoms with Gasteiger partial charge >= 0.3 is 0 Å². The van der Waals surface area contributed by atoms with Crippen LogP contribution in [0.25, 0.3) is 0 Å². The molecule has 0 aliphatic carbocycles. The van der Waals surface area contributed by atoms with Gasteiger partial charge in [-0.1, -0.05) is 24.6 Å². The lowest BCUT2D eigenvalue weighted by atomic mass is 10.2. The van der Waals surface area contributed by atoms with Crippen molar-refractivity contribution in [2.45, 2.75) is 39.8 Å². The summed E-state index contributed by atoms with van der Waals surface area (Å²) >= 11 is 6.35. The van der Waals surface area contributed by atoms with E-state index in [4.69, 9.17) is 11.6 Å². The molecule has 0 atom stereocenters. The fraction of sp³-hybridized carbons (Fsp3) is 0.533. The first-order chi connectivity index (χ1) is 9.10. The summed E-state index contributed by atoms with van der Waals surface area (Å²) in [7, 11) is 0. The zero-order valence-corrected chi connectivity index (χ0v) is 12.9. The molecule has 0 unspecified atom stereocenters. The molecule has 1 aromatic heterocycles. The van der Waals surface area contributed by atoms with Crippen LogP contribution in [0.5, 0.6) is 0 Å². The Morgan fingerprint density at radius 2 is 2.26 bits per heavy atom. The first-order valence-corrected chi connectivity index (χ1v) is 7.20. The predicted octanol–water partition coefficient (Wildman–Crippen LogP) is 3.64. The lowest BCUT2D eigenvalue weighted by molar-refractivity contribution is 0.672. The van der Waals surface area contributed by atoms with Gasteiger partial charge in [-0.25, -0.2) is 4.98 Å². The van der Waals surface area contributed by atoms with E-state index in [9.17, 15) is 0 Å². The van der Waals surface area contributed by atoms with Gasteiger partial charge in [0.05, 0.1) is 5.02 Å². The molecule has 0 saturated heterocycles. The summed E-state index contributed by atoms with van der Waals surface area (Å²) in [5.41, 5.74) is 1.12. The monoisotopic (exact) mass is 281 g/mol. The van der Waals surface area contributed by atoms with Gasteiger partial charge in [-0.15, -0.1) is 6.58 Å². The van der Waals surface area contributed by atoms with E-state index in [0.29, 0.717) is 11.1 Å². The van der Waals surface area contributed by atoms with E-state index in [1.807, 2.05) is 18.3 Å². The van der Waals surface area contributed by atoms with Gasteiger partial charge in [0.2, 0.25) is 0 Å². The van der Waals surface area contributed by atoms with Crippen molar-refractivity contribution in [1.82, 2.24) is 10.3 Å². The van der Waals surface area contributed by atoms with Crippen molar-refractivity contribution in [3.63, 3.8) is 0 Å². The third-order valence-corrected chi connectivity index (χ3v) is 3.13. The Morgan fingerprint density at radius 1 is 1.53 bits per heavy atom. The summed E-state index contributed by atoms with van der Waals surface area (Å²) in [6, 6.07) is 2.33. The van der Waals surface area contributed by atoms with E-state index in [2.05, 4.69) is 42.6 Å². The van der Waals surface area contributed by atoms with Crippen LogP contribution in [0, 0.1) is 0 Å². The van der Waals surface area contributed by atoms with Crippen LogP contribution in [0.2, 0.25) is 5.02 Å². The molecule has 0 aliphatic heterocycles. The molecule has 1 N–H and O–H groups in total. The lowest BCUT2D eigenvalue weighted by Gasteiger charge is -2.27. The van der Waals surface area contributed by atoms with Crippen molar-refractivity contribution in [3.8, 4) is 0 Å². The first-order valence-electron chi connectivity index (χ1n) is 6.82. The van der Waals surface area contributed by atoms with Crippen molar-refractivity contribution in [1.29, 1.82) is 0 Å². The molecule has 19 heavy (non-hydrogen) atoms. The van der Waals surface area contributed by atoms with E-state index in [-0.39, 0.29) is 0 Å². The summed E-state index contributed by atoms with van der Waals surface area (Å²) < 4.78 is 0. The second-order valence-corrected chi connectivity index (χ2v) is 5.27. The zero-order valence-electron chi connectivity index (χ0n) is 12.1. The van der Waals surface area contributed by atoms with Gasteiger partial charge in [0.25, 0.3) is 0 Å². The van der Waals surface area contributed by atoms with Crippen LogP contribution in [0.3, 0.4) is 0 Å². The Kier molecular flexibility index (Phi) is 6.89. The summed E-state index contributed by atoms with van der Waals surface area (Å²) in [4.78, 5) is 6.64. The van der Waals surface area contributed by atoms with E-state index in [1.165, 1.54) is 0 Å². The van der Waals surface area contributed by atoms with Crippen molar-refractivity contribution in [2.75, 3.05) is 18.0 Å². The second-order valence-electron chi connectivity index (χ2n) is 4.86. The molecule has 1 aromatic rings. The number of hydrogen-bond donors (Lipinski definition) is 1. The van der Waals surface area contributed by atoms with Gasteiger partial charge in [-0.2, -0.15) is 0 Å². The van der Waals surface area contributed by atoms with E-state index in [0.717, 1.165) is 37.4 Å². The highest BCUT2D eigenvalue weighted by Crippen LogP contribution is 2.25. The zero-order chi connectivity index (χ0) is 14.3. The van der Waals surface area contributed by atoms with Crippen LogP contribution in [0.4, 0.5) is 5.82 Å². The number of nitrogens with one attached hydrogen (secondary N) is 1. The minimum absolute atomic E-state index is 0.340. The van der Waals surface area contributed by atoms with Crippen molar-refractivity contribution < 1.29 is 0 Å². The Hall–Kier alpha value is -1.06. The normalized spacial score (nSPS) is 10.8. The number of aromatic nitrogens is 1. The molecule has 106 valence electrons. The van der Waals surface area contributed by atoms with Crippen LogP contribution in [0.15, 0.2) is 24.9 Å². The smallest absolute Gasteiger partial charge is 0.147 e. The highest BCUT2D eigenvalue weighted by molar-refractivity contribution is 6.33. The predicted molar refractivity (Wildman–Crippen MR) is 83.9 cm³/mol. The van der Waals surface area contributed by atoms with Crippen molar-refractivity contribution >= 4 is 17.4 Å². The highest BCUT2D eigenvalue weighted by atomic mass is 35.5. The Morgan fingerprint density at radius 3 is 2.79 bits per heavy atom. The van der Waals surface area contributed by atoms with E-state index >= 15 is 0 Å². The van der Waals surface area contributed by atoms with Gasteiger partial charge in [-0.05, 0) is 38.4 Å². The second kappa shape index (κ2) is 8.18.